The maximum atomic E-state index is 12.4. The van der Waals surface area contributed by atoms with Crippen molar-refractivity contribution in [3.63, 3.8) is 0 Å². The highest BCUT2D eigenvalue weighted by Gasteiger charge is 2.65. The predicted octanol–water partition coefficient (Wildman–Crippen LogP) is 1.89. The molecular weight excluding hydrogens is 199 g/mol. The average molecular weight is 204 g/mol. The summed E-state index contributed by atoms with van der Waals surface area (Å²) in [6, 6.07) is 0. The van der Waals surface area contributed by atoms with E-state index in [2.05, 4.69) is 4.74 Å². The van der Waals surface area contributed by atoms with E-state index in [4.69, 9.17) is 0 Å². The average Bonchev–Trinajstić information content (AvgIpc) is 2.33. The first-order valence-electron chi connectivity index (χ1n) is 3.39. The van der Waals surface area contributed by atoms with E-state index >= 15 is 0 Å². The van der Waals surface area contributed by atoms with Gasteiger partial charge in [-0.2, -0.15) is 22.0 Å². The summed E-state index contributed by atoms with van der Waals surface area (Å²) in [5, 5.41) is 0. The molecule has 0 radical (unpaired) electrons. The van der Waals surface area contributed by atoms with Gasteiger partial charge in [-0.05, 0) is 0 Å². The standard InChI is InChI=1S/C6H5F5O2/c7-5(8,6(9,10)11)3-1-2-4(12)13-3/h3H,1-2H2/t3-/m0/s1. The molecule has 0 spiro atoms. The van der Waals surface area contributed by atoms with Gasteiger partial charge >= 0.3 is 18.1 Å². The molecule has 76 valence electrons. The van der Waals surface area contributed by atoms with Gasteiger partial charge in [-0.1, -0.05) is 0 Å². The van der Waals surface area contributed by atoms with Crippen molar-refractivity contribution in [2.75, 3.05) is 0 Å². The van der Waals surface area contributed by atoms with Gasteiger partial charge in [0.25, 0.3) is 0 Å². The van der Waals surface area contributed by atoms with Gasteiger partial charge in [0.1, 0.15) is 0 Å². The molecule has 0 bridgehead atoms. The van der Waals surface area contributed by atoms with Gasteiger partial charge in [-0.3, -0.25) is 4.79 Å². The third kappa shape index (κ3) is 1.73. The molecule has 0 aromatic carbocycles. The second-order valence-corrected chi connectivity index (χ2v) is 2.64. The van der Waals surface area contributed by atoms with Crippen LogP contribution < -0.4 is 0 Å². The van der Waals surface area contributed by atoms with Crippen LogP contribution >= 0.6 is 0 Å². The smallest absolute Gasteiger partial charge is 0.456 e. The second-order valence-electron chi connectivity index (χ2n) is 2.64. The van der Waals surface area contributed by atoms with Gasteiger partial charge in [0.2, 0.25) is 0 Å². The highest BCUT2D eigenvalue weighted by atomic mass is 19.4. The summed E-state index contributed by atoms with van der Waals surface area (Å²) in [4.78, 5) is 10.3. The molecule has 1 fully saturated rings. The second kappa shape index (κ2) is 2.81. The Morgan fingerprint density at radius 3 is 2.08 bits per heavy atom. The highest BCUT2D eigenvalue weighted by Crippen LogP contribution is 2.42. The van der Waals surface area contributed by atoms with Crippen molar-refractivity contribution < 1.29 is 31.5 Å². The minimum atomic E-state index is -5.66. The first kappa shape index (κ1) is 10.2. The lowest BCUT2D eigenvalue weighted by molar-refractivity contribution is -0.310. The Kier molecular flexibility index (Phi) is 2.21. The Morgan fingerprint density at radius 1 is 1.23 bits per heavy atom. The zero-order chi connectivity index (χ0) is 10.3. The molecule has 2 nitrogen and oxygen atoms in total. The molecule has 13 heavy (non-hydrogen) atoms. The lowest BCUT2D eigenvalue weighted by Gasteiger charge is -2.23. The van der Waals surface area contributed by atoms with E-state index in [1.165, 1.54) is 0 Å². The monoisotopic (exact) mass is 204 g/mol. The van der Waals surface area contributed by atoms with Crippen molar-refractivity contribution in [3.05, 3.63) is 0 Å². The normalized spacial score (nSPS) is 24.7. The molecule has 0 aromatic rings. The molecule has 0 aliphatic carbocycles. The fraction of sp³-hybridized carbons (Fsp3) is 0.833. The fourth-order valence-electron chi connectivity index (χ4n) is 0.963. The zero-order valence-electron chi connectivity index (χ0n) is 6.20. The fourth-order valence-corrected chi connectivity index (χ4v) is 0.963. The molecule has 0 unspecified atom stereocenters. The van der Waals surface area contributed by atoms with Crippen LogP contribution in [0.3, 0.4) is 0 Å². The quantitative estimate of drug-likeness (QED) is 0.481. The number of halogens is 5. The van der Waals surface area contributed by atoms with Crippen LogP contribution in [0.15, 0.2) is 0 Å². The number of carbonyl (C=O) groups excluding carboxylic acids is 1. The lowest BCUT2D eigenvalue weighted by atomic mass is 10.1. The Balaban J connectivity index is 2.76. The maximum absolute atomic E-state index is 12.4. The maximum Gasteiger partial charge on any atom is 0.457 e. The van der Waals surface area contributed by atoms with Gasteiger partial charge in [0.05, 0.1) is 0 Å². The molecule has 1 atom stereocenters. The summed E-state index contributed by atoms with van der Waals surface area (Å²) in [5.41, 5.74) is 0. The van der Waals surface area contributed by atoms with Gasteiger partial charge in [0, 0.05) is 12.8 Å². The van der Waals surface area contributed by atoms with Crippen molar-refractivity contribution in [3.8, 4) is 0 Å². The van der Waals surface area contributed by atoms with E-state index < -0.39 is 37.0 Å². The molecule has 1 rings (SSSR count). The van der Waals surface area contributed by atoms with E-state index in [0.29, 0.717) is 0 Å². The molecule has 0 saturated carbocycles. The minimum absolute atomic E-state index is 0.393. The van der Waals surface area contributed by atoms with Gasteiger partial charge in [-0.15, -0.1) is 0 Å². The number of rotatable bonds is 1. The molecule has 1 aliphatic rings. The molecule has 0 N–H and O–H groups in total. The number of hydrogen-bond donors (Lipinski definition) is 0. The minimum Gasteiger partial charge on any atom is -0.456 e. The number of ether oxygens (including phenoxy) is 1. The third-order valence-corrected chi connectivity index (χ3v) is 1.67. The largest absolute Gasteiger partial charge is 0.457 e. The number of hydrogen-bond acceptors (Lipinski definition) is 2. The summed E-state index contributed by atoms with van der Waals surface area (Å²) in [6.07, 6.45) is -9.01. The summed E-state index contributed by atoms with van der Waals surface area (Å²) in [6.45, 7) is 0. The van der Waals surface area contributed by atoms with Crippen molar-refractivity contribution in [1.29, 1.82) is 0 Å². The van der Waals surface area contributed by atoms with E-state index in [-0.39, 0.29) is 0 Å². The highest BCUT2D eigenvalue weighted by molar-refractivity contribution is 5.71. The molecule has 1 saturated heterocycles. The summed E-state index contributed by atoms with van der Waals surface area (Å²) in [5.74, 6) is -5.96. The van der Waals surface area contributed by atoms with Crippen molar-refractivity contribution in [1.82, 2.24) is 0 Å². The number of alkyl halides is 5. The summed E-state index contributed by atoms with van der Waals surface area (Å²) < 4.78 is 63.7. The van der Waals surface area contributed by atoms with Gasteiger partial charge in [-0.25, -0.2) is 0 Å². The molecule has 1 heterocycles. The molecule has 0 aromatic heterocycles. The van der Waals surface area contributed by atoms with E-state index in [1.807, 2.05) is 0 Å². The van der Waals surface area contributed by atoms with Crippen LogP contribution in [-0.2, 0) is 9.53 Å². The van der Waals surface area contributed by atoms with Crippen LogP contribution in [0.5, 0.6) is 0 Å². The SMILES string of the molecule is O=C1CC[C@@H](C(F)(F)C(F)(F)F)O1. The van der Waals surface area contributed by atoms with Crippen molar-refractivity contribution >= 4 is 5.97 Å². The van der Waals surface area contributed by atoms with Gasteiger partial charge < -0.3 is 4.74 Å². The van der Waals surface area contributed by atoms with Crippen LogP contribution in [0.4, 0.5) is 22.0 Å². The Hall–Kier alpha value is -0.880. The zero-order valence-corrected chi connectivity index (χ0v) is 6.20. The molecule has 7 heteroatoms. The number of cyclic esters (lactones) is 1. The van der Waals surface area contributed by atoms with Crippen molar-refractivity contribution in [2.24, 2.45) is 0 Å². The van der Waals surface area contributed by atoms with Crippen LogP contribution in [0.1, 0.15) is 12.8 Å². The third-order valence-electron chi connectivity index (χ3n) is 1.67. The van der Waals surface area contributed by atoms with Crippen LogP contribution in [0.2, 0.25) is 0 Å². The van der Waals surface area contributed by atoms with Gasteiger partial charge in [0.15, 0.2) is 6.10 Å². The van der Waals surface area contributed by atoms with E-state index in [1.54, 1.807) is 0 Å². The Bertz CT molecular complexity index is 222. The van der Waals surface area contributed by atoms with Crippen LogP contribution in [-0.4, -0.2) is 24.2 Å². The van der Waals surface area contributed by atoms with Crippen LogP contribution in [0.25, 0.3) is 0 Å². The van der Waals surface area contributed by atoms with E-state index in [0.717, 1.165) is 0 Å². The Morgan fingerprint density at radius 2 is 1.77 bits per heavy atom. The predicted molar refractivity (Wildman–Crippen MR) is 30.1 cm³/mol. The topological polar surface area (TPSA) is 26.3 Å². The first-order chi connectivity index (χ1) is 5.75. The lowest BCUT2D eigenvalue weighted by Crippen LogP contribution is -2.46. The molecule has 0 amide bonds. The number of carbonyl (C=O) groups is 1. The van der Waals surface area contributed by atoms with E-state index in [9.17, 15) is 26.7 Å². The molecular formula is C6H5F5O2. The van der Waals surface area contributed by atoms with Crippen LogP contribution in [0, 0.1) is 0 Å². The Labute approximate surface area is 69.7 Å². The number of esters is 1. The van der Waals surface area contributed by atoms with Crippen molar-refractivity contribution in [2.45, 2.75) is 31.0 Å². The molecule has 1 aliphatic heterocycles. The summed E-state index contributed by atoms with van der Waals surface area (Å²) >= 11 is 0. The summed E-state index contributed by atoms with van der Waals surface area (Å²) in [7, 11) is 0. The first-order valence-corrected chi connectivity index (χ1v) is 3.39.